The molecule has 0 aliphatic carbocycles. The van der Waals surface area contributed by atoms with Crippen molar-refractivity contribution in [3.8, 4) is 0 Å². The lowest BCUT2D eigenvalue weighted by atomic mass is 9.88. The van der Waals surface area contributed by atoms with Crippen molar-refractivity contribution in [1.29, 1.82) is 0 Å². The van der Waals surface area contributed by atoms with Crippen LogP contribution in [-0.2, 0) is 6.54 Å². The van der Waals surface area contributed by atoms with E-state index < -0.39 is 0 Å². The predicted octanol–water partition coefficient (Wildman–Crippen LogP) is 3.91. The van der Waals surface area contributed by atoms with Crippen molar-refractivity contribution < 1.29 is 9.18 Å². The Balaban J connectivity index is 1.56. The van der Waals surface area contributed by atoms with Crippen LogP contribution in [0.4, 0.5) is 4.39 Å². The van der Waals surface area contributed by atoms with Crippen molar-refractivity contribution >= 4 is 27.6 Å². The highest BCUT2D eigenvalue weighted by molar-refractivity contribution is 7.20. The molecular weight excluding hydrogens is 375 g/mol. The minimum absolute atomic E-state index is 0.00795. The zero-order chi connectivity index (χ0) is 19.7. The summed E-state index contributed by atoms with van der Waals surface area (Å²) < 4.78 is 14.0. The molecule has 0 saturated carbocycles. The third-order valence-corrected chi connectivity index (χ3v) is 6.40. The minimum Gasteiger partial charge on any atom is -0.344 e. The number of amides is 1. The van der Waals surface area contributed by atoms with Crippen molar-refractivity contribution in [3.63, 3.8) is 0 Å². The van der Waals surface area contributed by atoms with E-state index in [1.807, 2.05) is 12.1 Å². The molecule has 146 valence electrons. The minimum atomic E-state index is -0.150. The molecular formula is C21H23FN4OS. The molecule has 3 heterocycles. The third-order valence-electron chi connectivity index (χ3n) is 5.31. The Hall–Kier alpha value is -2.38. The summed E-state index contributed by atoms with van der Waals surface area (Å²) in [6.45, 7) is 2.35. The van der Waals surface area contributed by atoms with Gasteiger partial charge >= 0.3 is 0 Å². The molecule has 1 saturated heterocycles. The maximum atomic E-state index is 14.0. The fourth-order valence-corrected chi connectivity index (χ4v) is 5.04. The number of thiophene rings is 1. The Morgan fingerprint density at radius 1 is 1.21 bits per heavy atom. The topological polar surface area (TPSA) is 49.3 Å². The van der Waals surface area contributed by atoms with Gasteiger partial charge in [-0.25, -0.2) is 9.37 Å². The van der Waals surface area contributed by atoms with E-state index >= 15 is 0 Å². The monoisotopic (exact) mass is 398 g/mol. The quantitative estimate of drug-likeness (QED) is 0.669. The molecule has 28 heavy (non-hydrogen) atoms. The van der Waals surface area contributed by atoms with Gasteiger partial charge < -0.3 is 4.90 Å². The number of hydrogen-bond donors (Lipinski definition) is 0. The number of nitrogens with zero attached hydrogens (tertiary/aromatic N) is 4. The Kier molecular flexibility index (Phi) is 5.37. The summed E-state index contributed by atoms with van der Waals surface area (Å²) in [4.78, 5) is 27.2. The number of piperidine rings is 1. The number of carbonyl (C=O) groups excluding carboxylic acids is 1. The first-order chi connectivity index (χ1) is 13.5. The molecule has 0 radical (unpaired) electrons. The zero-order valence-electron chi connectivity index (χ0n) is 16.1. The van der Waals surface area contributed by atoms with Gasteiger partial charge in [0.05, 0.1) is 4.88 Å². The molecule has 7 heteroatoms. The fraction of sp³-hybridized carbons (Fsp3) is 0.381. The summed E-state index contributed by atoms with van der Waals surface area (Å²) in [6, 6.07) is 6.95. The molecule has 2 aromatic heterocycles. The number of hydrogen-bond acceptors (Lipinski definition) is 5. The van der Waals surface area contributed by atoms with E-state index in [9.17, 15) is 9.18 Å². The maximum Gasteiger partial charge on any atom is 0.263 e. The molecule has 1 amide bonds. The Bertz CT molecular complexity index is 995. The van der Waals surface area contributed by atoms with Crippen LogP contribution in [0.2, 0.25) is 0 Å². The number of benzene rings is 1. The average molecular weight is 399 g/mol. The number of fused-ring (bicyclic) bond motifs is 1. The Labute approximate surface area is 167 Å². The largest absolute Gasteiger partial charge is 0.344 e. The van der Waals surface area contributed by atoms with Gasteiger partial charge in [0.25, 0.3) is 5.91 Å². The fourth-order valence-electron chi connectivity index (χ4n) is 3.83. The van der Waals surface area contributed by atoms with Crippen LogP contribution in [0, 0.1) is 5.82 Å². The lowest BCUT2D eigenvalue weighted by Gasteiger charge is -2.32. The second kappa shape index (κ2) is 7.93. The highest BCUT2D eigenvalue weighted by Gasteiger charge is 2.30. The first-order valence-electron chi connectivity index (χ1n) is 9.45. The van der Waals surface area contributed by atoms with Gasteiger partial charge in [0, 0.05) is 44.2 Å². The van der Waals surface area contributed by atoms with Crippen LogP contribution in [0.3, 0.4) is 0 Å². The Morgan fingerprint density at radius 3 is 2.64 bits per heavy atom. The van der Waals surface area contributed by atoms with Gasteiger partial charge in [-0.1, -0.05) is 18.2 Å². The van der Waals surface area contributed by atoms with Gasteiger partial charge in [-0.15, -0.1) is 11.3 Å². The smallest absolute Gasteiger partial charge is 0.263 e. The SMILES string of the molecule is CN(C)C(=O)c1sc2nccnc2c1C1CCN(Cc2ccccc2F)CC1. The highest BCUT2D eigenvalue weighted by Crippen LogP contribution is 2.39. The summed E-state index contributed by atoms with van der Waals surface area (Å²) in [5.41, 5.74) is 2.62. The summed E-state index contributed by atoms with van der Waals surface area (Å²) in [6.07, 6.45) is 5.20. The van der Waals surface area contributed by atoms with E-state index in [2.05, 4.69) is 14.9 Å². The molecule has 0 N–H and O–H groups in total. The lowest BCUT2D eigenvalue weighted by Crippen LogP contribution is -2.33. The van der Waals surface area contributed by atoms with Gasteiger partial charge in [-0.3, -0.25) is 14.7 Å². The third kappa shape index (κ3) is 3.64. The molecule has 3 aromatic rings. The van der Waals surface area contributed by atoms with Gasteiger partial charge in [0.1, 0.15) is 16.2 Å². The predicted molar refractivity (Wildman–Crippen MR) is 109 cm³/mol. The van der Waals surface area contributed by atoms with Gasteiger partial charge in [0.2, 0.25) is 0 Å². The number of halogens is 1. The number of aromatic nitrogens is 2. The summed E-state index contributed by atoms with van der Waals surface area (Å²) in [5, 5.41) is 0. The molecule has 1 fully saturated rings. The van der Waals surface area contributed by atoms with E-state index in [1.165, 1.54) is 17.4 Å². The standard InChI is InChI=1S/C21H23FN4OS/c1-25(2)21(27)19-17(18-20(28-19)24-10-9-23-18)14-7-11-26(12-8-14)13-15-5-3-4-6-16(15)22/h3-6,9-10,14H,7-8,11-13H2,1-2H3. The van der Waals surface area contributed by atoms with Crippen molar-refractivity contribution in [2.24, 2.45) is 0 Å². The van der Waals surface area contributed by atoms with Crippen molar-refractivity contribution in [3.05, 3.63) is 58.5 Å². The van der Waals surface area contributed by atoms with E-state index in [-0.39, 0.29) is 17.6 Å². The highest BCUT2D eigenvalue weighted by atomic mass is 32.1. The van der Waals surface area contributed by atoms with Crippen molar-refractivity contribution in [2.45, 2.75) is 25.3 Å². The summed E-state index contributed by atoms with van der Waals surface area (Å²) >= 11 is 1.43. The van der Waals surface area contributed by atoms with Crippen LogP contribution in [0.25, 0.3) is 10.3 Å². The van der Waals surface area contributed by atoms with Gasteiger partial charge in [-0.05, 0) is 37.9 Å². The zero-order valence-corrected chi connectivity index (χ0v) is 16.9. The van der Waals surface area contributed by atoms with Crippen LogP contribution in [0.1, 0.15) is 39.6 Å². The van der Waals surface area contributed by atoms with Gasteiger partial charge in [-0.2, -0.15) is 0 Å². The van der Waals surface area contributed by atoms with Crippen LogP contribution < -0.4 is 0 Å². The van der Waals surface area contributed by atoms with E-state index in [1.54, 1.807) is 37.5 Å². The van der Waals surface area contributed by atoms with Crippen LogP contribution >= 0.6 is 11.3 Å². The number of likely N-dealkylation sites (tertiary alicyclic amines) is 1. The van der Waals surface area contributed by atoms with Crippen LogP contribution in [-0.4, -0.2) is 52.9 Å². The van der Waals surface area contributed by atoms with Crippen LogP contribution in [0.5, 0.6) is 0 Å². The molecule has 0 unspecified atom stereocenters. The van der Waals surface area contributed by atoms with E-state index in [0.29, 0.717) is 6.54 Å². The number of rotatable bonds is 4. The Morgan fingerprint density at radius 2 is 1.93 bits per heavy atom. The molecule has 0 atom stereocenters. The van der Waals surface area contributed by atoms with Crippen molar-refractivity contribution in [1.82, 2.24) is 19.8 Å². The van der Waals surface area contributed by atoms with E-state index in [4.69, 9.17) is 0 Å². The second-order valence-corrected chi connectivity index (χ2v) is 8.40. The first kappa shape index (κ1) is 19.0. The van der Waals surface area contributed by atoms with Crippen LogP contribution in [0.15, 0.2) is 36.7 Å². The molecule has 4 rings (SSSR count). The molecule has 1 aliphatic rings. The first-order valence-corrected chi connectivity index (χ1v) is 10.3. The summed E-state index contributed by atoms with van der Waals surface area (Å²) in [7, 11) is 3.54. The molecule has 0 bridgehead atoms. The van der Waals surface area contributed by atoms with E-state index in [0.717, 1.165) is 52.3 Å². The molecule has 1 aliphatic heterocycles. The van der Waals surface area contributed by atoms with Crippen molar-refractivity contribution in [2.75, 3.05) is 27.2 Å². The molecule has 1 aromatic carbocycles. The molecule has 5 nitrogen and oxygen atoms in total. The maximum absolute atomic E-state index is 14.0. The molecule has 0 spiro atoms. The normalized spacial score (nSPS) is 15.8. The second-order valence-electron chi connectivity index (χ2n) is 7.40. The number of carbonyl (C=O) groups is 1. The van der Waals surface area contributed by atoms with Gasteiger partial charge in [0.15, 0.2) is 0 Å². The average Bonchev–Trinajstić information content (AvgIpc) is 3.09. The lowest BCUT2D eigenvalue weighted by molar-refractivity contribution is 0.0830. The summed E-state index contributed by atoms with van der Waals surface area (Å²) in [5.74, 6) is 0.123.